The van der Waals surface area contributed by atoms with E-state index in [0.29, 0.717) is 34.8 Å². The molecule has 148 valence electrons. The Labute approximate surface area is 163 Å². The fourth-order valence-corrected chi connectivity index (χ4v) is 3.66. The van der Waals surface area contributed by atoms with Crippen LogP contribution in [0.2, 0.25) is 0 Å². The molecule has 2 heterocycles. The van der Waals surface area contributed by atoms with Gasteiger partial charge in [0.25, 0.3) is 0 Å². The van der Waals surface area contributed by atoms with Gasteiger partial charge in [0.1, 0.15) is 11.3 Å². The van der Waals surface area contributed by atoms with Crippen LogP contribution in [-0.4, -0.2) is 37.3 Å². The number of rotatable bonds is 6. The van der Waals surface area contributed by atoms with Crippen molar-refractivity contribution < 1.29 is 9.50 Å². The van der Waals surface area contributed by atoms with Crippen molar-refractivity contribution in [3.8, 4) is 0 Å². The zero-order valence-electron chi connectivity index (χ0n) is 15.9. The van der Waals surface area contributed by atoms with E-state index in [0.717, 1.165) is 12.8 Å². The smallest absolute Gasteiger partial charge is 0.224 e. The average Bonchev–Trinajstić information content (AvgIpc) is 3.07. The Hall–Kier alpha value is -2.74. The van der Waals surface area contributed by atoms with Gasteiger partial charge in [-0.2, -0.15) is 4.98 Å². The van der Waals surface area contributed by atoms with Crippen molar-refractivity contribution in [1.29, 1.82) is 0 Å². The van der Waals surface area contributed by atoms with Crippen molar-refractivity contribution in [3.05, 3.63) is 36.3 Å². The predicted molar refractivity (Wildman–Crippen MR) is 107 cm³/mol. The van der Waals surface area contributed by atoms with Crippen LogP contribution in [0.25, 0.3) is 11.2 Å². The standard InChI is InChI=1S/C20H25FN6O/c1-13(12-28)27-18-17(25-20(27)24-16-10-6-5-9-15(16)21)11-22-19(26-18)23-14-7-3-2-4-8-14/h5-6,9-11,13-14,28H,2-4,7-8,12H2,1H3,(H,24,25)(H,22,23,26)/t13-/m1/s1. The van der Waals surface area contributed by atoms with E-state index in [-0.39, 0.29) is 18.5 Å². The van der Waals surface area contributed by atoms with Crippen LogP contribution < -0.4 is 10.6 Å². The van der Waals surface area contributed by atoms with Gasteiger partial charge in [0, 0.05) is 6.04 Å². The predicted octanol–water partition coefficient (Wildman–Crippen LogP) is 4.01. The van der Waals surface area contributed by atoms with Crippen molar-refractivity contribution in [2.75, 3.05) is 17.2 Å². The second-order valence-corrected chi connectivity index (χ2v) is 7.32. The molecule has 2 aromatic heterocycles. The molecule has 0 aliphatic heterocycles. The van der Waals surface area contributed by atoms with Crippen molar-refractivity contribution in [3.63, 3.8) is 0 Å². The number of hydrogen-bond donors (Lipinski definition) is 3. The number of benzene rings is 1. The molecule has 0 unspecified atom stereocenters. The van der Waals surface area contributed by atoms with E-state index in [9.17, 15) is 9.50 Å². The number of aliphatic hydroxyl groups excluding tert-OH is 1. The van der Waals surface area contributed by atoms with Crippen LogP contribution in [0, 0.1) is 5.82 Å². The highest BCUT2D eigenvalue weighted by atomic mass is 19.1. The van der Waals surface area contributed by atoms with Crippen LogP contribution in [0.3, 0.4) is 0 Å². The molecule has 7 nitrogen and oxygen atoms in total. The van der Waals surface area contributed by atoms with E-state index in [1.165, 1.54) is 25.3 Å². The second-order valence-electron chi connectivity index (χ2n) is 7.32. The van der Waals surface area contributed by atoms with Crippen molar-refractivity contribution in [2.24, 2.45) is 0 Å². The summed E-state index contributed by atoms with van der Waals surface area (Å²) < 4.78 is 15.9. The lowest BCUT2D eigenvalue weighted by Crippen LogP contribution is -2.23. The number of para-hydroxylation sites is 1. The number of hydrogen-bond acceptors (Lipinski definition) is 6. The quantitative estimate of drug-likeness (QED) is 0.595. The third-order valence-corrected chi connectivity index (χ3v) is 5.20. The fraction of sp³-hybridized carbons (Fsp3) is 0.450. The van der Waals surface area contributed by atoms with Crippen molar-refractivity contribution in [2.45, 2.75) is 51.1 Å². The van der Waals surface area contributed by atoms with Crippen LogP contribution in [0.1, 0.15) is 45.1 Å². The summed E-state index contributed by atoms with van der Waals surface area (Å²) in [4.78, 5) is 13.6. The number of nitrogens with zero attached hydrogens (tertiary/aromatic N) is 4. The molecule has 0 saturated heterocycles. The number of halogens is 1. The second kappa shape index (κ2) is 8.10. The maximum Gasteiger partial charge on any atom is 0.224 e. The molecule has 3 N–H and O–H groups in total. The third kappa shape index (κ3) is 3.77. The highest BCUT2D eigenvalue weighted by molar-refractivity contribution is 5.76. The number of fused-ring (bicyclic) bond motifs is 1. The summed E-state index contributed by atoms with van der Waals surface area (Å²) in [6.07, 6.45) is 7.62. The maximum atomic E-state index is 14.1. The molecule has 28 heavy (non-hydrogen) atoms. The van der Waals surface area contributed by atoms with Gasteiger partial charge in [-0.1, -0.05) is 31.4 Å². The Morgan fingerprint density at radius 3 is 2.75 bits per heavy atom. The molecule has 0 radical (unpaired) electrons. The highest BCUT2D eigenvalue weighted by Crippen LogP contribution is 2.27. The largest absolute Gasteiger partial charge is 0.394 e. The van der Waals surface area contributed by atoms with E-state index >= 15 is 0 Å². The topological polar surface area (TPSA) is 87.9 Å². The van der Waals surface area contributed by atoms with Crippen LogP contribution in [0.4, 0.5) is 22.0 Å². The van der Waals surface area contributed by atoms with E-state index in [1.807, 2.05) is 6.92 Å². The average molecular weight is 384 g/mol. The first kappa shape index (κ1) is 18.6. The lowest BCUT2D eigenvalue weighted by Gasteiger charge is -2.22. The Bertz CT molecular complexity index is 953. The lowest BCUT2D eigenvalue weighted by atomic mass is 9.96. The summed E-state index contributed by atoms with van der Waals surface area (Å²) in [7, 11) is 0. The molecule has 1 fully saturated rings. The van der Waals surface area contributed by atoms with Crippen molar-refractivity contribution in [1.82, 2.24) is 19.5 Å². The molecular weight excluding hydrogens is 359 g/mol. The molecule has 1 atom stereocenters. The fourth-order valence-electron chi connectivity index (χ4n) is 3.66. The van der Waals surface area contributed by atoms with Crippen LogP contribution >= 0.6 is 0 Å². The molecule has 0 bridgehead atoms. The minimum atomic E-state index is -0.372. The van der Waals surface area contributed by atoms with Crippen molar-refractivity contribution >= 4 is 28.7 Å². The van der Waals surface area contributed by atoms with E-state index in [2.05, 4.69) is 25.6 Å². The number of nitrogens with one attached hydrogen (secondary N) is 2. The molecular formula is C20H25FN6O. The summed E-state index contributed by atoms with van der Waals surface area (Å²) in [6, 6.07) is 6.51. The number of imidazole rings is 1. The Kier molecular flexibility index (Phi) is 5.38. The van der Waals surface area contributed by atoms with Crippen LogP contribution in [0.5, 0.6) is 0 Å². The van der Waals surface area contributed by atoms with Gasteiger partial charge in [-0.15, -0.1) is 0 Å². The summed E-state index contributed by atoms with van der Waals surface area (Å²) >= 11 is 0. The summed E-state index contributed by atoms with van der Waals surface area (Å²) in [5.41, 5.74) is 1.51. The lowest BCUT2D eigenvalue weighted by molar-refractivity contribution is 0.242. The molecule has 4 rings (SSSR count). The zero-order chi connectivity index (χ0) is 19.5. The highest BCUT2D eigenvalue weighted by Gasteiger charge is 2.20. The molecule has 0 amide bonds. The minimum Gasteiger partial charge on any atom is -0.394 e. The zero-order valence-corrected chi connectivity index (χ0v) is 15.9. The monoisotopic (exact) mass is 384 g/mol. The number of aliphatic hydroxyl groups is 1. The SMILES string of the molecule is C[C@H](CO)n1c(Nc2ccccc2F)nc2cnc(NC3CCCCC3)nc21. The van der Waals surface area contributed by atoms with Gasteiger partial charge in [0.15, 0.2) is 5.65 Å². The number of aromatic nitrogens is 4. The molecule has 3 aromatic rings. The third-order valence-electron chi connectivity index (χ3n) is 5.20. The molecule has 1 aromatic carbocycles. The summed E-state index contributed by atoms with van der Waals surface area (Å²) in [6.45, 7) is 1.77. The first-order valence-electron chi connectivity index (χ1n) is 9.79. The Balaban J connectivity index is 1.70. The molecule has 1 saturated carbocycles. The summed E-state index contributed by atoms with van der Waals surface area (Å²) in [5.74, 6) is 0.609. The van der Waals surface area contributed by atoms with Gasteiger partial charge >= 0.3 is 0 Å². The van der Waals surface area contributed by atoms with Gasteiger partial charge in [0.2, 0.25) is 11.9 Å². The first-order chi connectivity index (χ1) is 13.7. The van der Waals surface area contributed by atoms with E-state index < -0.39 is 0 Å². The molecule has 1 aliphatic rings. The van der Waals surface area contributed by atoms with E-state index in [4.69, 9.17) is 0 Å². The van der Waals surface area contributed by atoms with E-state index in [1.54, 1.807) is 29.0 Å². The number of anilines is 3. The van der Waals surface area contributed by atoms with Crippen LogP contribution in [0.15, 0.2) is 30.5 Å². The Morgan fingerprint density at radius 2 is 2.00 bits per heavy atom. The van der Waals surface area contributed by atoms with Gasteiger partial charge in [-0.05, 0) is 31.9 Å². The van der Waals surface area contributed by atoms with Crippen LogP contribution in [-0.2, 0) is 0 Å². The van der Waals surface area contributed by atoms with Gasteiger partial charge in [-0.25, -0.2) is 14.4 Å². The normalized spacial score (nSPS) is 16.2. The minimum absolute atomic E-state index is 0.0905. The molecule has 1 aliphatic carbocycles. The molecule has 8 heteroatoms. The van der Waals surface area contributed by atoms with Gasteiger partial charge in [-0.3, -0.25) is 4.57 Å². The summed E-state index contributed by atoms with van der Waals surface area (Å²) in [5, 5.41) is 16.2. The first-order valence-corrected chi connectivity index (χ1v) is 9.79. The maximum absolute atomic E-state index is 14.1. The molecule has 0 spiro atoms. The van der Waals surface area contributed by atoms with Gasteiger partial charge < -0.3 is 15.7 Å². The van der Waals surface area contributed by atoms with Gasteiger partial charge in [0.05, 0.1) is 24.5 Å². The Morgan fingerprint density at radius 1 is 1.21 bits per heavy atom.